The molecular weight excluding hydrogens is 328 g/mol. The van der Waals surface area contributed by atoms with Crippen LogP contribution in [0.3, 0.4) is 0 Å². The molecule has 0 spiro atoms. The van der Waals surface area contributed by atoms with Crippen LogP contribution in [0.1, 0.15) is 53.1 Å². The molecule has 1 aromatic carbocycles. The first kappa shape index (κ1) is 20.0. The van der Waals surface area contributed by atoms with Crippen molar-refractivity contribution in [1.82, 2.24) is 9.80 Å². The summed E-state index contributed by atoms with van der Waals surface area (Å²) in [5, 5.41) is 0. The number of benzene rings is 1. The van der Waals surface area contributed by atoms with E-state index in [9.17, 15) is 9.59 Å². The van der Waals surface area contributed by atoms with Crippen molar-refractivity contribution in [1.29, 1.82) is 0 Å². The lowest BCUT2D eigenvalue weighted by Crippen LogP contribution is -2.50. The number of methoxy groups -OCH3 is 1. The molecule has 1 aliphatic heterocycles. The first-order valence-electron chi connectivity index (χ1n) is 8.92. The average molecular weight is 358 g/mol. The molecular formula is C21H30N2O3. The molecule has 5 nitrogen and oxygen atoms in total. The number of nitrogens with zero attached hydrogens (tertiary/aromatic N) is 2. The monoisotopic (exact) mass is 358 g/mol. The molecule has 0 N–H and O–H groups in total. The van der Waals surface area contributed by atoms with Crippen LogP contribution in [0.2, 0.25) is 0 Å². The third-order valence-corrected chi connectivity index (χ3v) is 4.53. The van der Waals surface area contributed by atoms with E-state index >= 15 is 0 Å². The van der Waals surface area contributed by atoms with Gasteiger partial charge in [-0.3, -0.25) is 0 Å². The normalized spacial score (nSPS) is 21.6. The van der Waals surface area contributed by atoms with Crippen molar-refractivity contribution in [2.75, 3.05) is 7.11 Å². The Bertz CT molecular complexity index is 683. The molecule has 142 valence electrons. The van der Waals surface area contributed by atoms with Crippen molar-refractivity contribution in [3.8, 4) is 0 Å². The summed E-state index contributed by atoms with van der Waals surface area (Å²) in [4.78, 5) is 28.9. The zero-order valence-electron chi connectivity index (χ0n) is 16.8. The fourth-order valence-electron chi connectivity index (χ4n) is 3.53. The second-order valence-electron chi connectivity index (χ2n) is 8.59. The number of esters is 1. The maximum Gasteiger partial charge on any atom is 0.330 e. The van der Waals surface area contributed by atoms with E-state index in [4.69, 9.17) is 4.74 Å². The number of rotatable bonds is 3. The zero-order valence-corrected chi connectivity index (χ0v) is 16.8. The lowest BCUT2D eigenvalue weighted by Gasteiger charge is -2.37. The fraction of sp³-hybridized carbons (Fsp3) is 0.524. The van der Waals surface area contributed by atoms with Crippen LogP contribution in [-0.2, 0) is 9.53 Å². The van der Waals surface area contributed by atoms with E-state index in [-0.39, 0.29) is 23.7 Å². The van der Waals surface area contributed by atoms with Gasteiger partial charge in [-0.05, 0) is 47.1 Å². The molecule has 1 aromatic rings. The Morgan fingerprint density at radius 1 is 1.00 bits per heavy atom. The maximum absolute atomic E-state index is 13.4. The van der Waals surface area contributed by atoms with Gasteiger partial charge in [0.05, 0.1) is 19.2 Å². The van der Waals surface area contributed by atoms with Crippen LogP contribution in [0.4, 0.5) is 4.79 Å². The Labute approximate surface area is 156 Å². The molecule has 0 radical (unpaired) electrons. The van der Waals surface area contributed by atoms with Gasteiger partial charge in [0.1, 0.15) is 0 Å². The van der Waals surface area contributed by atoms with Crippen LogP contribution in [0.25, 0.3) is 0 Å². The molecule has 0 aliphatic carbocycles. The highest BCUT2D eigenvalue weighted by atomic mass is 16.5. The number of amides is 2. The smallest absolute Gasteiger partial charge is 0.330 e. The Hall–Kier alpha value is -2.30. The SMILES string of the molecule is COC(=O)/C=C/[C@H]1[C@H](c2ccccc2)N(C(C)(C)C)C(=O)N1C(C)(C)C. The highest BCUT2D eigenvalue weighted by molar-refractivity contribution is 5.84. The van der Waals surface area contributed by atoms with E-state index in [0.717, 1.165) is 5.56 Å². The third-order valence-electron chi connectivity index (χ3n) is 4.53. The molecule has 2 rings (SSSR count). The van der Waals surface area contributed by atoms with Crippen LogP contribution < -0.4 is 0 Å². The van der Waals surface area contributed by atoms with Gasteiger partial charge < -0.3 is 14.5 Å². The number of carbonyl (C=O) groups excluding carboxylic acids is 2. The molecule has 1 heterocycles. The molecule has 1 aliphatic rings. The minimum absolute atomic E-state index is 0.0293. The van der Waals surface area contributed by atoms with E-state index in [0.29, 0.717) is 0 Å². The third kappa shape index (κ3) is 3.92. The van der Waals surface area contributed by atoms with Gasteiger partial charge in [0.15, 0.2) is 0 Å². The van der Waals surface area contributed by atoms with Crippen molar-refractivity contribution >= 4 is 12.0 Å². The van der Waals surface area contributed by atoms with Gasteiger partial charge in [0, 0.05) is 17.2 Å². The summed E-state index contributed by atoms with van der Waals surface area (Å²) in [6, 6.07) is 9.47. The van der Waals surface area contributed by atoms with Crippen molar-refractivity contribution in [2.24, 2.45) is 0 Å². The molecule has 1 saturated heterocycles. The summed E-state index contributed by atoms with van der Waals surface area (Å²) < 4.78 is 4.75. The predicted molar refractivity (Wildman–Crippen MR) is 103 cm³/mol. The predicted octanol–water partition coefficient (Wildman–Crippen LogP) is 4.16. The van der Waals surface area contributed by atoms with E-state index in [1.165, 1.54) is 13.2 Å². The summed E-state index contributed by atoms with van der Waals surface area (Å²) in [6.45, 7) is 12.1. The van der Waals surface area contributed by atoms with Crippen LogP contribution >= 0.6 is 0 Å². The van der Waals surface area contributed by atoms with Crippen molar-refractivity contribution in [3.05, 3.63) is 48.0 Å². The second kappa shape index (κ2) is 7.14. The Kier molecular flexibility index (Phi) is 5.49. The zero-order chi connectivity index (χ0) is 19.7. The quantitative estimate of drug-likeness (QED) is 0.602. The van der Waals surface area contributed by atoms with Gasteiger partial charge in [0.2, 0.25) is 0 Å². The van der Waals surface area contributed by atoms with Gasteiger partial charge >= 0.3 is 12.0 Å². The summed E-state index contributed by atoms with van der Waals surface area (Å²) >= 11 is 0. The van der Waals surface area contributed by atoms with E-state index in [1.54, 1.807) is 6.08 Å². The first-order valence-corrected chi connectivity index (χ1v) is 8.92. The first-order chi connectivity index (χ1) is 12.0. The second-order valence-corrected chi connectivity index (χ2v) is 8.59. The van der Waals surface area contributed by atoms with Gasteiger partial charge in [0.25, 0.3) is 0 Å². The van der Waals surface area contributed by atoms with Crippen LogP contribution in [-0.4, -0.2) is 46.0 Å². The lowest BCUT2D eigenvalue weighted by molar-refractivity contribution is -0.134. The van der Waals surface area contributed by atoms with Gasteiger partial charge in [-0.1, -0.05) is 36.4 Å². The highest BCUT2D eigenvalue weighted by Crippen LogP contribution is 2.43. The minimum Gasteiger partial charge on any atom is -0.466 e. The van der Waals surface area contributed by atoms with E-state index < -0.39 is 11.5 Å². The minimum atomic E-state index is -0.424. The maximum atomic E-state index is 13.4. The standard InChI is InChI=1S/C21H30N2O3/c1-20(2,3)22-16(13-14-17(24)26-7)18(15-11-9-8-10-12-15)23(19(22)25)21(4,5)6/h8-14,16,18H,1-7H3/b14-13+/t16-,18-/m0/s1. The highest BCUT2D eigenvalue weighted by Gasteiger charge is 2.52. The molecule has 2 amide bonds. The van der Waals surface area contributed by atoms with Crippen LogP contribution in [0, 0.1) is 0 Å². The van der Waals surface area contributed by atoms with Crippen LogP contribution in [0.15, 0.2) is 42.5 Å². The van der Waals surface area contributed by atoms with Crippen molar-refractivity contribution in [3.63, 3.8) is 0 Å². The van der Waals surface area contributed by atoms with Crippen molar-refractivity contribution in [2.45, 2.75) is 64.7 Å². The summed E-state index contributed by atoms with van der Waals surface area (Å²) in [6.07, 6.45) is 3.21. The molecule has 1 fully saturated rings. The lowest BCUT2D eigenvalue weighted by atomic mass is 9.93. The number of urea groups is 1. The summed E-state index contributed by atoms with van der Waals surface area (Å²) in [5.74, 6) is -0.424. The number of carbonyl (C=O) groups is 2. The summed E-state index contributed by atoms with van der Waals surface area (Å²) in [7, 11) is 1.35. The Balaban J connectivity index is 2.63. The molecule has 5 heteroatoms. The van der Waals surface area contributed by atoms with E-state index in [1.807, 2.05) is 81.7 Å². The average Bonchev–Trinajstić information content (AvgIpc) is 2.85. The molecule has 0 unspecified atom stereocenters. The van der Waals surface area contributed by atoms with E-state index in [2.05, 4.69) is 0 Å². The van der Waals surface area contributed by atoms with Gasteiger partial charge in [-0.2, -0.15) is 0 Å². The topological polar surface area (TPSA) is 49.9 Å². The van der Waals surface area contributed by atoms with Gasteiger partial charge in [-0.25, -0.2) is 9.59 Å². The molecule has 26 heavy (non-hydrogen) atoms. The Morgan fingerprint density at radius 2 is 1.54 bits per heavy atom. The number of hydrogen-bond acceptors (Lipinski definition) is 3. The number of ether oxygens (including phenoxy) is 1. The molecule has 0 bridgehead atoms. The van der Waals surface area contributed by atoms with Crippen molar-refractivity contribution < 1.29 is 14.3 Å². The summed E-state index contributed by atoms with van der Waals surface area (Å²) in [5.41, 5.74) is 0.284. The number of hydrogen-bond donors (Lipinski definition) is 0. The van der Waals surface area contributed by atoms with Gasteiger partial charge in [-0.15, -0.1) is 0 Å². The fourth-order valence-corrected chi connectivity index (χ4v) is 3.53. The molecule has 0 aromatic heterocycles. The Morgan fingerprint density at radius 3 is 2.00 bits per heavy atom. The van der Waals surface area contributed by atoms with Crippen LogP contribution in [0.5, 0.6) is 0 Å². The largest absolute Gasteiger partial charge is 0.466 e. The molecule has 2 atom stereocenters. The molecule has 0 saturated carbocycles.